The zero-order chi connectivity index (χ0) is 13.8. The number of ether oxygens (including phenoxy) is 1. The molecule has 1 heterocycles. The fourth-order valence-electron chi connectivity index (χ4n) is 2.65. The van der Waals surface area contributed by atoms with Crippen LogP contribution in [0.2, 0.25) is 0 Å². The first-order valence-corrected chi connectivity index (χ1v) is 7.00. The quantitative estimate of drug-likeness (QED) is 0.919. The van der Waals surface area contributed by atoms with E-state index in [1.54, 1.807) is 6.07 Å². The summed E-state index contributed by atoms with van der Waals surface area (Å²) in [6.07, 6.45) is 1.00. The van der Waals surface area contributed by atoms with Crippen LogP contribution in [0.5, 0.6) is 5.75 Å². The van der Waals surface area contributed by atoms with Crippen molar-refractivity contribution in [1.29, 1.82) is 0 Å². The Bertz CT molecular complexity index is 585. The lowest BCUT2D eigenvalue weighted by Gasteiger charge is -2.26. The van der Waals surface area contributed by atoms with Crippen LogP contribution < -0.4 is 10.1 Å². The van der Waals surface area contributed by atoms with Crippen molar-refractivity contribution < 1.29 is 9.13 Å². The molecule has 0 bridgehead atoms. The molecule has 1 atom stereocenters. The molecule has 104 valence electrons. The molecule has 0 radical (unpaired) electrons. The maximum Gasteiger partial charge on any atom is 0.127 e. The first-order chi connectivity index (χ1) is 9.84. The Labute approximate surface area is 118 Å². The zero-order valence-electron chi connectivity index (χ0n) is 11.3. The van der Waals surface area contributed by atoms with Crippen LogP contribution in [0.4, 0.5) is 4.39 Å². The second kappa shape index (κ2) is 6.06. The van der Waals surface area contributed by atoms with Gasteiger partial charge in [-0.25, -0.2) is 4.39 Å². The largest absolute Gasteiger partial charge is 0.493 e. The highest BCUT2D eigenvalue weighted by atomic mass is 19.1. The number of hydrogen-bond donors (Lipinski definition) is 1. The van der Waals surface area contributed by atoms with Gasteiger partial charge < -0.3 is 10.1 Å². The van der Waals surface area contributed by atoms with Gasteiger partial charge in [0, 0.05) is 24.6 Å². The van der Waals surface area contributed by atoms with Crippen LogP contribution >= 0.6 is 0 Å². The molecule has 3 rings (SSSR count). The van der Waals surface area contributed by atoms with Crippen LogP contribution in [0.25, 0.3) is 0 Å². The molecule has 0 amide bonds. The standard InChI is InChI=1S/C17H18FNO/c18-16-7-3-1-5-14(16)12-19-11-13-9-10-20-17-8-4-2-6-15(13)17/h1-8,13,19H,9-12H2. The molecular weight excluding hydrogens is 253 g/mol. The zero-order valence-corrected chi connectivity index (χ0v) is 11.3. The summed E-state index contributed by atoms with van der Waals surface area (Å²) in [6.45, 7) is 2.16. The summed E-state index contributed by atoms with van der Waals surface area (Å²) in [5.74, 6) is 1.27. The minimum absolute atomic E-state index is 0.146. The predicted molar refractivity (Wildman–Crippen MR) is 77.4 cm³/mol. The van der Waals surface area contributed by atoms with Gasteiger partial charge >= 0.3 is 0 Å². The first kappa shape index (κ1) is 13.1. The summed E-state index contributed by atoms with van der Waals surface area (Å²) < 4.78 is 19.2. The fraction of sp³-hybridized carbons (Fsp3) is 0.294. The summed E-state index contributed by atoms with van der Waals surface area (Å²) in [5, 5.41) is 3.36. The van der Waals surface area contributed by atoms with Gasteiger partial charge in [-0.05, 0) is 24.1 Å². The first-order valence-electron chi connectivity index (χ1n) is 7.00. The van der Waals surface area contributed by atoms with Crippen molar-refractivity contribution in [2.75, 3.05) is 13.2 Å². The van der Waals surface area contributed by atoms with Gasteiger partial charge in [-0.1, -0.05) is 36.4 Å². The normalized spacial score (nSPS) is 17.4. The molecular formula is C17H18FNO. The highest BCUT2D eigenvalue weighted by Gasteiger charge is 2.20. The number of halogens is 1. The van der Waals surface area contributed by atoms with Crippen LogP contribution in [0.1, 0.15) is 23.5 Å². The van der Waals surface area contributed by atoms with Gasteiger partial charge in [-0.2, -0.15) is 0 Å². The maximum atomic E-state index is 13.5. The number of para-hydroxylation sites is 1. The molecule has 2 nitrogen and oxygen atoms in total. The number of fused-ring (bicyclic) bond motifs is 1. The van der Waals surface area contributed by atoms with Gasteiger partial charge in [0.15, 0.2) is 0 Å². The van der Waals surface area contributed by atoms with E-state index in [4.69, 9.17) is 4.74 Å². The average molecular weight is 271 g/mol. The SMILES string of the molecule is Fc1ccccc1CNCC1CCOc2ccccc21. The number of hydrogen-bond acceptors (Lipinski definition) is 2. The molecule has 0 aliphatic carbocycles. The minimum atomic E-state index is -0.146. The van der Waals surface area contributed by atoms with Gasteiger partial charge in [0.25, 0.3) is 0 Å². The Balaban J connectivity index is 1.61. The van der Waals surface area contributed by atoms with Crippen LogP contribution in [-0.4, -0.2) is 13.2 Å². The van der Waals surface area contributed by atoms with Crippen molar-refractivity contribution in [2.24, 2.45) is 0 Å². The van der Waals surface area contributed by atoms with Crippen molar-refractivity contribution in [3.63, 3.8) is 0 Å². The smallest absolute Gasteiger partial charge is 0.127 e. The van der Waals surface area contributed by atoms with Crippen molar-refractivity contribution in [1.82, 2.24) is 5.32 Å². The van der Waals surface area contributed by atoms with Crippen molar-refractivity contribution in [3.05, 3.63) is 65.5 Å². The predicted octanol–water partition coefficient (Wildman–Crippen LogP) is 3.48. The minimum Gasteiger partial charge on any atom is -0.493 e. The summed E-state index contributed by atoms with van der Waals surface area (Å²) in [7, 11) is 0. The number of nitrogens with one attached hydrogen (secondary N) is 1. The van der Waals surface area contributed by atoms with E-state index >= 15 is 0 Å². The van der Waals surface area contributed by atoms with Crippen LogP contribution in [-0.2, 0) is 6.54 Å². The van der Waals surface area contributed by atoms with E-state index in [1.165, 1.54) is 11.6 Å². The third-order valence-corrected chi connectivity index (χ3v) is 3.75. The van der Waals surface area contributed by atoms with Crippen LogP contribution in [0.3, 0.4) is 0 Å². The van der Waals surface area contributed by atoms with Crippen molar-refractivity contribution >= 4 is 0 Å². The molecule has 2 aromatic rings. The van der Waals surface area contributed by atoms with E-state index in [-0.39, 0.29) is 5.82 Å². The van der Waals surface area contributed by atoms with E-state index in [0.717, 1.165) is 25.3 Å². The number of benzene rings is 2. The van der Waals surface area contributed by atoms with E-state index in [9.17, 15) is 4.39 Å². The van der Waals surface area contributed by atoms with Crippen LogP contribution in [0, 0.1) is 5.82 Å². The van der Waals surface area contributed by atoms with E-state index < -0.39 is 0 Å². The molecule has 20 heavy (non-hydrogen) atoms. The monoisotopic (exact) mass is 271 g/mol. The topological polar surface area (TPSA) is 21.3 Å². The Morgan fingerprint density at radius 1 is 1.10 bits per heavy atom. The second-order valence-corrected chi connectivity index (χ2v) is 5.09. The van der Waals surface area contributed by atoms with Crippen LogP contribution in [0.15, 0.2) is 48.5 Å². The molecule has 0 fully saturated rings. The molecule has 3 heteroatoms. The van der Waals surface area contributed by atoms with E-state index in [0.29, 0.717) is 18.0 Å². The molecule has 1 unspecified atom stereocenters. The summed E-state index contributed by atoms with van der Waals surface area (Å²) in [6, 6.07) is 15.1. The second-order valence-electron chi connectivity index (χ2n) is 5.09. The van der Waals surface area contributed by atoms with Crippen molar-refractivity contribution in [2.45, 2.75) is 18.9 Å². The number of rotatable bonds is 4. The van der Waals surface area contributed by atoms with Gasteiger partial charge in [-0.15, -0.1) is 0 Å². The molecule has 2 aromatic carbocycles. The Kier molecular flexibility index (Phi) is 3.97. The summed E-state index contributed by atoms with van der Waals surface area (Å²) in [4.78, 5) is 0. The fourth-order valence-corrected chi connectivity index (χ4v) is 2.65. The molecule has 0 aromatic heterocycles. The Morgan fingerprint density at radius 2 is 1.90 bits per heavy atom. The maximum absolute atomic E-state index is 13.5. The lowest BCUT2D eigenvalue weighted by molar-refractivity contribution is 0.264. The van der Waals surface area contributed by atoms with Gasteiger partial charge in [0.05, 0.1) is 6.61 Å². The molecule has 1 N–H and O–H groups in total. The van der Waals surface area contributed by atoms with Crippen molar-refractivity contribution in [3.8, 4) is 5.75 Å². The molecule has 1 aliphatic heterocycles. The molecule has 0 spiro atoms. The van der Waals surface area contributed by atoms with E-state index in [1.807, 2.05) is 30.3 Å². The lowest BCUT2D eigenvalue weighted by atomic mass is 9.93. The van der Waals surface area contributed by atoms with Gasteiger partial charge in [-0.3, -0.25) is 0 Å². The molecule has 0 saturated heterocycles. The van der Waals surface area contributed by atoms with E-state index in [2.05, 4.69) is 11.4 Å². The van der Waals surface area contributed by atoms with Gasteiger partial charge in [0.1, 0.15) is 11.6 Å². The highest BCUT2D eigenvalue weighted by Crippen LogP contribution is 2.32. The Morgan fingerprint density at radius 3 is 2.80 bits per heavy atom. The lowest BCUT2D eigenvalue weighted by Crippen LogP contribution is -2.25. The highest BCUT2D eigenvalue weighted by molar-refractivity contribution is 5.37. The molecule has 1 aliphatic rings. The third kappa shape index (κ3) is 2.83. The average Bonchev–Trinajstić information content (AvgIpc) is 2.49. The summed E-state index contributed by atoms with van der Waals surface area (Å²) >= 11 is 0. The molecule has 0 saturated carbocycles. The van der Waals surface area contributed by atoms with Gasteiger partial charge in [0.2, 0.25) is 0 Å². The Hall–Kier alpha value is -1.87. The third-order valence-electron chi connectivity index (χ3n) is 3.75. The summed E-state index contributed by atoms with van der Waals surface area (Å²) in [5.41, 5.74) is 1.97.